The van der Waals surface area contributed by atoms with E-state index in [0.29, 0.717) is 6.42 Å². The number of unbranched alkanes of at least 4 members (excludes halogenated alkanes) is 5. The number of carbonyl (C=O) groups excluding carboxylic acids is 2. The molecule has 7 heteroatoms. The van der Waals surface area contributed by atoms with Gasteiger partial charge in [-0.25, -0.2) is 0 Å². The van der Waals surface area contributed by atoms with Crippen molar-refractivity contribution in [2.45, 2.75) is 51.9 Å². The fraction of sp³-hybridized carbons (Fsp3) is 0.529. The molecule has 0 aromatic heterocycles. The Bertz CT molecular complexity index is 609. The van der Waals surface area contributed by atoms with Crippen LogP contribution >= 0.6 is 0 Å². The van der Waals surface area contributed by atoms with Crippen LogP contribution in [0, 0.1) is 0 Å². The second kappa shape index (κ2) is 10.8. The molecule has 0 aliphatic carbocycles. The number of esters is 1. The van der Waals surface area contributed by atoms with Crippen LogP contribution < -0.4 is 4.18 Å². The monoisotopic (exact) mass is 356 g/mol. The van der Waals surface area contributed by atoms with Crippen molar-refractivity contribution in [2.75, 3.05) is 6.61 Å². The molecule has 0 fully saturated rings. The van der Waals surface area contributed by atoms with Crippen LogP contribution in [0.4, 0.5) is 0 Å². The highest BCUT2D eigenvalue weighted by Crippen LogP contribution is 2.12. The number of ether oxygens (including phenoxy) is 1. The molecule has 1 aromatic carbocycles. The third-order valence-electron chi connectivity index (χ3n) is 3.31. The molecule has 0 spiro atoms. The summed E-state index contributed by atoms with van der Waals surface area (Å²) in [4.78, 5) is 23.1. The minimum Gasteiger partial charge on any atom is -0.456 e. The Morgan fingerprint density at radius 2 is 1.58 bits per heavy atom. The fourth-order valence-corrected chi connectivity index (χ4v) is 2.64. The Morgan fingerprint density at radius 1 is 0.958 bits per heavy atom. The van der Waals surface area contributed by atoms with E-state index in [-0.39, 0.29) is 12.2 Å². The number of hydrogen-bond acceptors (Lipinski definition) is 6. The topological polar surface area (TPSA) is 86.7 Å². The molecule has 0 heterocycles. The molecule has 0 saturated heterocycles. The predicted octanol–water partition coefficient (Wildman–Crippen LogP) is 3.22. The van der Waals surface area contributed by atoms with Crippen molar-refractivity contribution in [3.8, 4) is 5.75 Å². The zero-order chi connectivity index (χ0) is 17.8. The minimum atomic E-state index is -4.46. The molecule has 1 rings (SSSR count). The molecule has 1 aromatic rings. The van der Waals surface area contributed by atoms with Crippen LogP contribution in [0.5, 0.6) is 5.75 Å². The van der Waals surface area contributed by atoms with E-state index in [0.717, 1.165) is 25.7 Å². The molecule has 0 saturated carbocycles. The summed E-state index contributed by atoms with van der Waals surface area (Å²) < 4.78 is 32.8. The van der Waals surface area contributed by atoms with Crippen LogP contribution in [-0.4, -0.2) is 26.1 Å². The first-order valence-corrected chi connectivity index (χ1v) is 9.54. The molecule has 0 unspecified atom stereocenters. The SMILES string of the molecule is CCCCCCCCC(=O)OCC(=O)S(=O)(=O)Oc1ccccc1. The third-order valence-corrected chi connectivity index (χ3v) is 4.40. The van der Waals surface area contributed by atoms with E-state index in [2.05, 4.69) is 11.1 Å². The van der Waals surface area contributed by atoms with Gasteiger partial charge in [0.15, 0.2) is 6.61 Å². The molecule has 0 bridgehead atoms. The van der Waals surface area contributed by atoms with Gasteiger partial charge in [-0.15, -0.1) is 0 Å². The van der Waals surface area contributed by atoms with Crippen LogP contribution in [0.3, 0.4) is 0 Å². The number of benzene rings is 1. The maximum Gasteiger partial charge on any atom is 0.377 e. The van der Waals surface area contributed by atoms with Gasteiger partial charge in [-0.05, 0) is 18.6 Å². The van der Waals surface area contributed by atoms with Gasteiger partial charge in [-0.1, -0.05) is 57.2 Å². The molecule has 0 amide bonds. The van der Waals surface area contributed by atoms with Crippen LogP contribution in [0.2, 0.25) is 0 Å². The summed E-state index contributed by atoms with van der Waals surface area (Å²) in [5.74, 6) is -0.544. The predicted molar refractivity (Wildman–Crippen MR) is 89.9 cm³/mol. The summed E-state index contributed by atoms with van der Waals surface area (Å²) in [5.41, 5.74) is 0. The van der Waals surface area contributed by atoms with Crippen molar-refractivity contribution in [3.05, 3.63) is 30.3 Å². The fourth-order valence-electron chi connectivity index (χ4n) is 1.98. The van der Waals surface area contributed by atoms with Crippen molar-refractivity contribution in [2.24, 2.45) is 0 Å². The van der Waals surface area contributed by atoms with E-state index in [1.54, 1.807) is 18.2 Å². The first kappa shape index (κ1) is 20.2. The van der Waals surface area contributed by atoms with Gasteiger partial charge in [0.1, 0.15) is 5.75 Å². The second-order valence-corrected chi connectivity index (χ2v) is 6.93. The standard InChI is InChI=1S/C17H24O6S/c1-2-3-4-5-6-10-13-16(18)22-14-17(19)24(20,21)23-15-11-8-7-9-12-15/h7-9,11-12H,2-6,10,13-14H2,1H3. The zero-order valence-corrected chi connectivity index (χ0v) is 14.7. The lowest BCUT2D eigenvalue weighted by atomic mass is 10.1. The quantitative estimate of drug-likeness (QED) is 0.344. The molecular formula is C17H24O6S. The van der Waals surface area contributed by atoms with Gasteiger partial charge < -0.3 is 8.92 Å². The summed E-state index contributed by atoms with van der Waals surface area (Å²) in [5, 5.41) is -1.28. The summed E-state index contributed by atoms with van der Waals surface area (Å²) in [6.45, 7) is 1.30. The van der Waals surface area contributed by atoms with Crippen molar-refractivity contribution < 1.29 is 26.9 Å². The van der Waals surface area contributed by atoms with E-state index in [4.69, 9.17) is 4.74 Å². The summed E-state index contributed by atoms with van der Waals surface area (Å²) in [6, 6.07) is 7.67. The second-order valence-electron chi connectivity index (χ2n) is 5.40. The largest absolute Gasteiger partial charge is 0.456 e. The number of carbonyl (C=O) groups is 2. The lowest BCUT2D eigenvalue weighted by Crippen LogP contribution is -2.26. The molecule has 0 atom stereocenters. The van der Waals surface area contributed by atoms with Gasteiger partial charge in [-0.3, -0.25) is 9.59 Å². The molecule has 0 aliphatic heterocycles. The van der Waals surface area contributed by atoms with Gasteiger partial charge in [0.25, 0.3) is 0 Å². The molecular weight excluding hydrogens is 332 g/mol. The van der Waals surface area contributed by atoms with Crippen molar-refractivity contribution in [3.63, 3.8) is 0 Å². The van der Waals surface area contributed by atoms with Gasteiger partial charge in [0.05, 0.1) is 0 Å². The van der Waals surface area contributed by atoms with Crippen molar-refractivity contribution in [1.82, 2.24) is 0 Å². The van der Waals surface area contributed by atoms with Gasteiger partial charge >= 0.3 is 21.2 Å². The van der Waals surface area contributed by atoms with Crippen LogP contribution in [0.25, 0.3) is 0 Å². The van der Waals surface area contributed by atoms with E-state index in [1.807, 2.05) is 0 Å². The first-order chi connectivity index (χ1) is 11.5. The zero-order valence-electron chi connectivity index (χ0n) is 13.9. The summed E-state index contributed by atoms with van der Waals surface area (Å²) in [6.07, 6.45) is 6.29. The van der Waals surface area contributed by atoms with Gasteiger partial charge in [-0.2, -0.15) is 8.42 Å². The van der Waals surface area contributed by atoms with E-state index >= 15 is 0 Å². The number of rotatable bonds is 11. The van der Waals surface area contributed by atoms with Gasteiger partial charge in [0, 0.05) is 6.42 Å². The van der Waals surface area contributed by atoms with E-state index < -0.39 is 27.8 Å². The Morgan fingerprint density at radius 3 is 2.25 bits per heavy atom. The normalized spacial score (nSPS) is 11.0. The maximum atomic E-state index is 11.7. The molecule has 0 N–H and O–H groups in total. The number of hydrogen-bond donors (Lipinski definition) is 0. The summed E-state index contributed by atoms with van der Waals surface area (Å²) in [7, 11) is -4.46. The smallest absolute Gasteiger partial charge is 0.377 e. The molecule has 0 aliphatic rings. The average Bonchev–Trinajstić information content (AvgIpc) is 2.56. The maximum absolute atomic E-state index is 11.7. The highest BCUT2D eigenvalue weighted by Gasteiger charge is 2.25. The van der Waals surface area contributed by atoms with Gasteiger partial charge in [0.2, 0.25) is 0 Å². The van der Waals surface area contributed by atoms with E-state index in [9.17, 15) is 18.0 Å². The molecule has 0 radical (unpaired) electrons. The minimum absolute atomic E-state index is 0.0317. The highest BCUT2D eigenvalue weighted by atomic mass is 32.2. The van der Waals surface area contributed by atoms with Crippen LogP contribution in [0.1, 0.15) is 51.9 Å². The Balaban J connectivity index is 2.28. The Kier molecular flexibility index (Phi) is 9.07. The lowest BCUT2D eigenvalue weighted by molar-refractivity contribution is -0.146. The van der Waals surface area contributed by atoms with E-state index in [1.165, 1.54) is 18.6 Å². The molecule has 24 heavy (non-hydrogen) atoms. The molecule has 134 valence electrons. The Hall–Kier alpha value is -1.89. The first-order valence-electron chi connectivity index (χ1n) is 8.13. The Labute approximate surface area is 143 Å². The average molecular weight is 356 g/mol. The summed E-state index contributed by atoms with van der Waals surface area (Å²) >= 11 is 0. The lowest BCUT2D eigenvalue weighted by Gasteiger charge is -2.07. The van der Waals surface area contributed by atoms with Crippen molar-refractivity contribution >= 4 is 21.2 Å². The molecule has 6 nitrogen and oxygen atoms in total. The number of para-hydroxylation sites is 1. The van der Waals surface area contributed by atoms with Crippen LogP contribution in [0.15, 0.2) is 30.3 Å². The third kappa shape index (κ3) is 8.10. The van der Waals surface area contributed by atoms with Crippen LogP contribution in [-0.2, 0) is 24.4 Å². The highest BCUT2D eigenvalue weighted by molar-refractivity contribution is 8.02. The van der Waals surface area contributed by atoms with Crippen molar-refractivity contribution in [1.29, 1.82) is 0 Å².